The van der Waals surface area contributed by atoms with Crippen LogP contribution in [0.25, 0.3) is 0 Å². The molecule has 0 unspecified atom stereocenters. The fourth-order valence-corrected chi connectivity index (χ4v) is 3.10. The van der Waals surface area contributed by atoms with Crippen LogP contribution in [0.1, 0.15) is 20.7 Å². The number of sulfonamides is 1. The fraction of sp³-hybridized carbons (Fsp3) is 0.0625. The highest BCUT2D eigenvalue weighted by Crippen LogP contribution is 2.21. The molecule has 0 bridgehead atoms. The average Bonchev–Trinajstić information content (AvgIpc) is 2.69. The van der Waals surface area contributed by atoms with Crippen LogP contribution >= 0.6 is 11.6 Å². The maximum Gasteiger partial charge on any atom is 0.338 e. The first-order chi connectivity index (χ1) is 14.0. The number of nitro benzene ring substituents is 1. The number of hydrazine groups is 1. The number of non-ortho nitro benzene ring substituents is 1. The van der Waals surface area contributed by atoms with E-state index in [2.05, 4.69) is 0 Å². The van der Waals surface area contributed by atoms with Gasteiger partial charge >= 0.3 is 5.97 Å². The summed E-state index contributed by atoms with van der Waals surface area (Å²) in [4.78, 5) is 45.0. The maximum absolute atomic E-state index is 12.0. The van der Waals surface area contributed by atoms with E-state index in [4.69, 9.17) is 21.5 Å². The minimum absolute atomic E-state index is 0.0367. The number of primary sulfonamides is 1. The molecular formula is C16H13ClN4O8S. The number of ether oxygens (including phenoxy) is 1. The van der Waals surface area contributed by atoms with Gasteiger partial charge in [0.2, 0.25) is 10.0 Å². The summed E-state index contributed by atoms with van der Waals surface area (Å²) in [5, 5.41) is 15.4. The molecule has 2 aromatic carbocycles. The van der Waals surface area contributed by atoms with E-state index in [9.17, 15) is 32.9 Å². The van der Waals surface area contributed by atoms with Gasteiger partial charge in [0.15, 0.2) is 6.61 Å². The maximum atomic E-state index is 12.0. The van der Waals surface area contributed by atoms with E-state index in [0.29, 0.717) is 0 Å². The Morgan fingerprint density at radius 1 is 1.07 bits per heavy atom. The average molecular weight is 457 g/mol. The monoisotopic (exact) mass is 456 g/mol. The minimum atomic E-state index is -4.18. The van der Waals surface area contributed by atoms with Crippen LogP contribution in [0.4, 0.5) is 5.69 Å². The smallest absolute Gasteiger partial charge is 0.338 e. The van der Waals surface area contributed by atoms with E-state index < -0.39 is 44.2 Å². The van der Waals surface area contributed by atoms with Gasteiger partial charge in [-0.15, -0.1) is 0 Å². The number of esters is 1. The largest absolute Gasteiger partial charge is 0.452 e. The molecule has 0 aliphatic rings. The zero-order valence-electron chi connectivity index (χ0n) is 14.8. The molecule has 0 aliphatic carbocycles. The lowest BCUT2D eigenvalue weighted by molar-refractivity contribution is -0.384. The summed E-state index contributed by atoms with van der Waals surface area (Å²) >= 11 is 5.71. The summed E-state index contributed by atoms with van der Waals surface area (Å²) < 4.78 is 27.6. The normalized spacial score (nSPS) is 10.7. The van der Waals surface area contributed by atoms with Gasteiger partial charge in [-0.1, -0.05) is 11.6 Å². The lowest BCUT2D eigenvalue weighted by atomic mass is 10.2. The van der Waals surface area contributed by atoms with Gasteiger partial charge in [0.1, 0.15) is 4.90 Å². The molecule has 0 atom stereocenters. The molecular weight excluding hydrogens is 444 g/mol. The zero-order chi connectivity index (χ0) is 22.5. The van der Waals surface area contributed by atoms with Gasteiger partial charge in [0.25, 0.3) is 17.5 Å². The van der Waals surface area contributed by atoms with Crippen LogP contribution in [0.5, 0.6) is 0 Å². The number of amides is 2. The second-order valence-corrected chi connectivity index (χ2v) is 7.51. The third kappa shape index (κ3) is 5.97. The first kappa shape index (κ1) is 22.7. The van der Waals surface area contributed by atoms with Crippen molar-refractivity contribution in [1.29, 1.82) is 0 Å². The van der Waals surface area contributed by atoms with Gasteiger partial charge in [0.05, 0.1) is 15.5 Å². The summed E-state index contributed by atoms with van der Waals surface area (Å²) in [5.74, 6) is -2.70. The third-order valence-electron chi connectivity index (χ3n) is 3.46. The van der Waals surface area contributed by atoms with Gasteiger partial charge in [-0.2, -0.15) is 0 Å². The number of carbonyl (C=O) groups excluding carboxylic acids is 3. The van der Waals surface area contributed by atoms with E-state index >= 15 is 0 Å². The molecule has 0 aromatic heterocycles. The van der Waals surface area contributed by atoms with Crippen molar-refractivity contribution in [3.63, 3.8) is 0 Å². The number of halogens is 1. The van der Waals surface area contributed by atoms with Crippen LogP contribution in [-0.4, -0.2) is 37.7 Å². The number of rotatable bonds is 6. The van der Waals surface area contributed by atoms with Crippen LogP contribution in [-0.2, 0) is 19.6 Å². The van der Waals surface area contributed by atoms with Crippen molar-refractivity contribution in [3.05, 3.63) is 68.7 Å². The number of benzene rings is 2. The summed E-state index contributed by atoms with van der Waals surface area (Å²) in [7, 11) is -4.18. The highest BCUT2D eigenvalue weighted by Gasteiger charge is 2.18. The summed E-state index contributed by atoms with van der Waals surface area (Å²) in [6.45, 7) is -0.799. The predicted molar refractivity (Wildman–Crippen MR) is 102 cm³/mol. The van der Waals surface area contributed by atoms with Gasteiger partial charge in [-0.25, -0.2) is 18.4 Å². The third-order valence-corrected chi connectivity index (χ3v) is 4.86. The Hall–Kier alpha value is -3.55. The molecule has 2 rings (SSSR count). The van der Waals surface area contributed by atoms with Crippen molar-refractivity contribution in [3.8, 4) is 0 Å². The Bertz CT molecular complexity index is 1120. The Morgan fingerprint density at radius 2 is 1.67 bits per heavy atom. The first-order valence-electron chi connectivity index (χ1n) is 7.82. The number of nitrogens with zero attached hydrogens (tertiary/aromatic N) is 1. The summed E-state index contributed by atoms with van der Waals surface area (Å²) in [6.07, 6.45) is 0. The molecule has 0 heterocycles. The van der Waals surface area contributed by atoms with Crippen molar-refractivity contribution in [1.82, 2.24) is 10.9 Å². The molecule has 4 N–H and O–H groups in total. The second-order valence-electron chi connectivity index (χ2n) is 5.57. The van der Waals surface area contributed by atoms with Crippen LogP contribution < -0.4 is 16.0 Å². The van der Waals surface area contributed by atoms with E-state index in [1.807, 2.05) is 10.9 Å². The highest BCUT2D eigenvalue weighted by molar-refractivity contribution is 7.89. The van der Waals surface area contributed by atoms with E-state index in [0.717, 1.165) is 24.3 Å². The quantitative estimate of drug-likeness (QED) is 0.318. The molecule has 0 spiro atoms. The first-order valence-corrected chi connectivity index (χ1v) is 9.74. The number of nitrogens with one attached hydrogen (secondary N) is 2. The SMILES string of the molecule is NS(=O)(=O)c1cc(C(=O)OCC(=O)NNC(=O)c2ccc([N+](=O)[O-])cc2)ccc1Cl. The van der Waals surface area contributed by atoms with Crippen molar-refractivity contribution < 1.29 is 32.5 Å². The summed E-state index contributed by atoms with van der Waals surface area (Å²) in [6, 6.07) is 7.79. The zero-order valence-corrected chi connectivity index (χ0v) is 16.4. The predicted octanol–water partition coefficient (Wildman–Crippen LogP) is 0.514. The van der Waals surface area contributed by atoms with Gasteiger partial charge in [-0.05, 0) is 30.3 Å². The topological polar surface area (TPSA) is 188 Å². The molecule has 0 saturated carbocycles. The van der Waals surface area contributed by atoms with E-state index in [1.165, 1.54) is 18.2 Å². The molecule has 0 saturated heterocycles. The molecule has 12 nitrogen and oxygen atoms in total. The van der Waals surface area contributed by atoms with Crippen molar-refractivity contribution in [2.75, 3.05) is 6.61 Å². The standard InChI is InChI=1S/C16H13ClN4O8S/c17-12-6-3-10(7-13(12)30(18,27)28)16(24)29-8-14(22)19-20-15(23)9-1-4-11(5-2-9)21(25)26/h1-7H,8H2,(H,19,22)(H,20,23)(H2,18,27,28). The Labute approximate surface area is 174 Å². The molecule has 158 valence electrons. The molecule has 0 fully saturated rings. The van der Waals surface area contributed by atoms with E-state index in [-0.39, 0.29) is 21.8 Å². The number of hydrogen-bond acceptors (Lipinski definition) is 8. The lowest BCUT2D eigenvalue weighted by Crippen LogP contribution is -2.43. The van der Waals surface area contributed by atoms with Gasteiger partial charge < -0.3 is 4.74 Å². The minimum Gasteiger partial charge on any atom is -0.452 e. The Morgan fingerprint density at radius 3 is 2.23 bits per heavy atom. The summed E-state index contributed by atoms with van der Waals surface area (Å²) in [5.41, 5.74) is 3.63. The molecule has 2 amide bonds. The number of carbonyl (C=O) groups is 3. The number of nitrogens with two attached hydrogens (primary N) is 1. The molecule has 0 radical (unpaired) electrons. The van der Waals surface area contributed by atoms with Crippen molar-refractivity contribution in [2.45, 2.75) is 4.90 Å². The highest BCUT2D eigenvalue weighted by atomic mass is 35.5. The molecule has 2 aromatic rings. The van der Waals surface area contributed by atoms with Crippen LogP contribution in [0.15, 0.2) is 47.4 Å². The van der Waals surface area contributed by atoms with E-state index in [1.54, 1.807) is 0 Å². The fourth-order valence-electron chi connectivity index (χ4n) is 2.03. The molecule has 30 heavy (non-hydrogen) atoms. The van der Waals surface area contributed by atoms with Gasteiger partial charge in [-0.3, -0.25) is 30.6 Å². The lowest BCUT2D eigenvalue weighted by Gasteiger charge is -2.09. The van der Waals surface area contributed by atoms with Crippen LogP contribution in [0, 0.1) is 10.1 Å². The van der Waals surface area contributed by atoms with Crippen molar-refractivity contribution >= 4 is 45.1 Å². The Balaban J connectivity index is 1.89. The molecule has 0 aliphatic heterocycles. The van der Waals surface area contributed by atoms with Crippen LogP contribution in [0.2, 0.25) is 5.02 Å². The Kier molecular flexibility index (Phi) is 7.05. The number of nitro groups is 1. The van der Waals surface area contributed by atoms with Crippen LogP contribution in [0.3, 0.4) is 0 Å². The number of hydrogen-bond donors (Lipinski definition) is 3. The second kappa shape index (κ2) is 9.30. The van der Waals surface area contributed by atoms with Gasteiger partial charge in [0, 0.05) is 17.7 Å². The van der Waals surface area contributed by atoms with Crippen molar-refractivity contribution in [2.24, 2.45) is 5.14 Å². The molecule has 14 heteroatoms.